The summed E-state index contributed by atoms with van der Waals surface area (Å²) >= 11 is 0. The SMILES string of the molecule is CCCNC(Cc1ncnn1CC)c1cc(OC)ncn1. The molecule has 0 saturated carbocycles. The standard InChI is InChI=1S/C14H22N6O/c1-4-6-15-11(7-13-17-10-19-20(13)5-2)12-8-14(21-3)18-9-16-12/h8-11,15H,4-7H2,1-3H3. The zero-order valence-corrected chi connectivity index (χ0v) is 12.8. The van der Waals surface area contributed by atoms with E-state index in [4.69, 9.17) is 4.74 Å². The van der Waals surface area contributed by atoms with Crippen molar-refractivity contribution in [3.8, 4) is 5.88 Å². The van der Waals surface area contributed by atoms with Crippen molar-refractivity contribution in [1.29, 1.82) is 0 Å². The minimum Gasteiger partial charge on any atom is -0.481 e. The Balaban J connectivity index is 2.20. The van der Waals surface area contributed by atoms with Crippen molar-refractivity contribution in [3.05, 3.63) is 30.2 Å². The number of hydrogen-bond donors (Lipinski definition) is 1. The highest BCUT2D eigenvalue weighted by atomic mass is 16.5. The number of aromatic nitrogens is 5. The first-order chi connectivity index (χ1) is 10.3. The van der Waals surface area contributed by atoms with Gasteiger partial charge in [0.25, 0.3) is 0 Å². The van der Waals surface area contributed by atoms with Gasteiger partial charge in [-0.15, -0.1) is 0 Å². The molecule has 0 saturated heterocycles. The molecular weight excluding hydrogens is 268 g/mol. The fourth-order valence-corrected chi connectivity index (χ4v) is 2.15. The normalized spacial score (nSPS) is 12.3. The van der Waals surface area contributed by atoms with E-state index in [0.29, 0.717) is 5.88 Å². The topological polar surface area (TPSA) is 77.8 Å². The Hall–Kier alpha value is -2.02. The van der Waals surface area contributed by atoms with Crippen LogP contribution < -0.4 is 10.1 Å². The highest BCUT2D eigenvalue weighted by molar-refractivity contribution is 5.17. The van der Waals surface area contributed by atoms with E-state index >= 15 is 0 Å². The molecule has 114 valence electrons. The molecule has 2 rings (SSSR count). The molecule has 21 heavy (non-hydrogen) atoms. The van der Waals surface area contributed by atoms with E-state index in [1.165, 1.54) is 6.33 Å². The number of methoxy groups -OCH3 is 1. The van der Waals surface area contributed by atoms with E-state index in [9.17, 15) is 0 Å². The second-order valence-electron chi connectivity index (χ2n) is 4.69. The van der Waals surface area contributed by atoms with Gasteiger partial charge in [-0.25, -0.2) is 15.0 Å². The lowest BCUT2D eigenvalue weighted by molar-refractivity contribution is 0.393. The van der Waals surface area contributed by atoms with Gasteiger partial charge in [0.1, 0.15) is 18.5 Å². The van der Waals surface area contributed by atoms with Crippen molar-refractivity contribution < 1.29 is 4.74 Å². The number of nitrogens with zero attached hydrogens (tertiary/aromatic N) is 5. The Morgan fingerprint density at radius 1 is 1.24 bits per heavy atom. The third kappa shape index (κ3) is 3.98. The summed E-state index contributed by atoms with van der Waals surface area (Å²) < 4.78 is 7.08. The van der Waals surface area contributed by atoms with Crippen LogP contribution in [0.15, 0.2) is 18.7 Å². The van der Waals surface area contributed by atoms with Crippen molar-refractivity contribution in [1.82, 2.24) is 30.0 Å². The molecule has 2 aromatic rings. The van der Waals surface area contributed by atoms with Crippen LogP contribution in [0.5, 0.6) is 5.88 Å². The molecule has 0 aliphatic carbocycles. The number of rotatable bonds is 8. The monoisotopic (exact) mass is 290 g/mol. The molecule has 0 spiro atoms. The summed E-state index contributed by atoms with van der Waals surface area (Å²) in [5, 5.41) is 7.72. The Bertz CT molecular complexity index is 556. The van der Waals surface area contributed by atoms with Crippen molar-refractivity contribution in [2.45, 2.75) is 39.3 Å². The molecule has 0 radical (unpaired) electrons. The van der Waals surface area contributed by atoms with Gasteiger partial charge in [0.2, 0.25) is 5.88 Å². The van der Waals surface area contributed by atoms with Gasteiger partial charge in [0.05, 0.1) is 18.8 Å². The quantitative estimate of drug-likeness (QED) is 0.791. The lowest BCUT2D eigenvalue weighted by Crippen LogP contribution is -2.26. The van der Waals surface area contributed by atoms with Crippen LogP contribution in [-0.2, 0) is 13.0 Å². The highest BCUT2D eigenvalue weighted by Gasteiger charge is 2.17. The van der Waals surface area contributed by atoms with E-state index < -0.39 is 0 Å². The van der Waals surface area contributed by atoms with Gasteiger partial charge < -0.3 is 10.1 Å². The lowest BCUT2D eigenvalue weighted by Gasteiger charge is -2.18. The van der Waals surface area contributed by atoms with Crippen molar-refractivity contribution in [2.24, 2.45) is 0 Å². The number of ether oxygens (including phenoxy) is 1. The Kier molecular flexibility index (Phi) is 5.62. The second kappa shape index (κ2) is 7.68. The molecule has 0 amide bonds. The lowest BCUT2D eigenvalue weighted by atomic mass is 10.1. The third-order valence-corrected chi connectivity index (χ3v) is 3.25. The van der Waals surface area contributed by atoms with E-state index in [-0.39, 0.29) is 6.04 Å². The molecule has 1 unspecified atom stereocenters. The fourth-order valence-electron chi connectivity index (χ4n) is 2.15. The van der Waals surface area contributed by atoms with E-state index in [1.54, 1.807) is 13.4 Å². The molecule has 0 aliphatic rings. The average Bonchev–Trinajstić information content (AvgIpc) is 2.98. The van der Waals surface area contributed by atoms with Crippen LogP contribution in [0, 0.1) is 0 Å². The largest absolute Gasteiger partial charge is 0.481 e. The smallest absolute Gasteiger partial charge is 0.216 e. The van der Waals surface area contributed by atoms with Gasteiger partial charge in [-0.1, -0.05) is 6.92 Å². The van der Waals surface area contributed by atoms with E-state index in [0.717, 1.165) is 37.4 Å². The van der Waals surface area contributed by atoms with Gasteiger partial charge >= 0.3 is 0 Å². The minimum absolute atomic E-state index is 0.0661. The van der Waals surface area contributed by atoms with Crippen molar-refractivity contribution in [2.75, 3.05) is 13.7 Å². The summed E-state index contributed by atoms with van der Waals surface area (Å²) in [6, 6.07) is 1.93. The van der Waals surface area contributed by atoms with Crippen LogP contribution >= 0.6 is 0 Å². The van der Waals surface area contributed by atoms with Crippen LogP contribution in [0.2, 0.25) is 0 Å². The molecular formula is C14H22N6O. The maximum Gasteiger partial charge on any atom is 0.216 e. The fraction of sp³-hybridized carbons (Fsp3) is 0.571. The molecule has 7 nitrogen and oxygen atoms in total. The predicted octanol–water partition coefficient (Wildman–Crippen LogP) is 1.38. The van der Waals surface area contributed by atoms with Crippen LogP contribution in [0.1, 0.15) is 37.8 Å². The van der Waals surface area contributed by atoms with Crippen molar-refractivity contribution >= 4 is 0 Å². The van der Waals surface area contributed by atoms with Gasteiger partial charge in [-0.2, -0.15) is 5.10 Å². The van der Waals surface area contributed by atoms with Crippen LogP contribution in [0.3, 0.4) is 0 Å². The second-order valence-corrected chi connectivity index (χ2v) is 4.69. The summed E-state index contributed by atoms with van der Waals surface area (Å²) in [4.78, 5) is 12.8. The molecule has 1 atom stereocenters. The van der Waals surface area contributed by atoms with Gasteiger partial charge in [-0.05, 0) is 19.9 Å². The van der Waals surface area contributed by atoms with Gasteiger partial charge in [-0.3, -0.25) is 4.68 Å². The summed E-state index contributed by atoms with van der Waals surface area (Å²) in [6.45, 7) is 5.92. The van der Waals surface area contributed by atoms with Crippen LogP contribution in [0.4, 0.5) is 0 Å². The molecule has 0 bridgehead atoms. The first kappa shape index (κ1) is 15.4. The van der Waals surface area contributed by atoms with E-state index in [1.807, 2.05) is 10.7 Å². The molecule has 0 aromatic carbocycles. The Morgan fingerprint density at radius 3 is 2.81 bits per heavy atom. The number of aryl methyl sites for hydroxylation is 1. The Labute approximate surface area is 124 Å². The van der Waals surface area contributed by atoms with Gasteiger partial charge in [0.15, 0.2) is 0 Å². The number of nitrogens with one attached hydrogen (secondary N) is 1. The molecule has 0 aliphatic heterocycles. The summed E-state index contributed by atoms with van der Waals surface area (Å²) in [5.74, 6) is 1.52. The van der Waals surface area contributed by atoms with Crippen LogP contribution in [0.25, 0.3) is 0 Å². The first-order valence-corrected chi connectivity index (χ1v) is 7.24. The van der Waals surface area contributed by atoms with Crippen molar-refractivity contribution in [3.63, 3.8) is 0 Å². The summed E-state index contributed by atoms with van der Waals surface area (Å²) in [7, 11) is 1.61. The Morgan fingerprint density at radius 2 is 2.10 bits per heavy atom. The molecule has 0 fully saturated rings. The summed E-state index contributed by atoms with van der Waals surface area (Å²) in [5.41, 5.74) is 0.904. The molecule has 1 N–H and O–H groups in total. The van der Waals surface area contributed by atoms with E-state index in [2.05, 4.69) is 39.2 Å². The molecule has 2 aromatic heterocycles. The van der Waals surface area contributed by atoms with Crippen LogP contribution in [-0.4, -0.2) is 38.4 Å². The zero-order valence-electron chi connectivity index (χ0n) is 12.8. The molecule has 7 heteroatoms. The van der Waals surface area contributed by atoms with Gasteiger partial charge in [0, 0.05) is 19.0 Å². The minimum atomic E-state index is 0.0661. The maximum absolute atomic E-state index is 5.18. The third-order valence-electron chi connectivity index (χ3n) is 3.25. The molecule has 2 heterocycles. The maximum atomic E-state index is 5.18. The predicted molar refractivity (Wildman–Crippen MR) is 79.0 cm³/mol. The highest BCUT2D eigenvalue weighted by Crippen LogP contribution is 2.18. The zero-order chi connectivity index (χ0) is 15.1. The average molecular weight is 290 g/mol. The number of hydrogen-bond acceptors (Lipinski definition) is 6. The summed E-state index contributed by atoms with van der Waals surface area (Å²) in [6.07, 6.45) is 4.91. The first-order valence-electron chi connectivity index (χ1n) is 7.24.